The maximum absolute atomic E-state index is 12.5. The number of fused-ring (bicyclic) bond motifs is 2. The molecule has 3 aliphatic rings. The Labute approximate surface area is 160 Å². The van der Waals surface area contributed by atoms with E-state index in [2.05, 4.69) is 41.1 Å². The minimum absolute atomic E-state index is 0.112. The predicted molar refractivity (Wildman–Crippen MR) is 110 cm³/mol. The van der Waals surface area contributed by atoms with Crippen molar-refractivity contribution < 1.29 is 4.79 Å². The van der Waals surface area contributed by atoms with E-state index in [-0.39, 0.29) is 11.6 Å². The molecular formula is C21H29N3OS. The molecule has 1 aromatic carbocycles. The number of likely N-dealkylation sites (N-methyl/N-ethyl adjacent to an activating group) is 1. The number of rotatable bonds is 4. The Bertz CT molecular complexity index is 713. The number of nitrogens with zero attached hydrogens (tertiary/aromatic N) is 1. The van der Waals surface area contributed by atoms with Gasteiger partial charge in [-0.1, -0.05) is 12.1 Å². The topological polar surface area (TPSA) is 44.4 Å². The fraction of sp³-hybridized carbons (Fsp3) is 0.571. The zero-order valence-corrected chi connectivity index (χ0v) is 16.7. The molecule has 4 nitrogen and oxygen atoms in total. The number of anilines is 1. The highest BCUT2D eigenvalue weighted by atomic mass is 32.2. The molecule has 26 heavy (non-hydrogen) atoms. The normalized spacial score (nSPS) is 24.8. The van der Waals surface area contributed by atoms with E-state index in [9.17, 15) is 4.79 Å². The minimum Gasteiger partial charge on any atom is -0.307 e. The van der Waals surface area contributed by atoms with Gasteiger partial charge in [0.25, 0.3) is 0 Å². The van der Waals surface area contributed by atoms with Crippen molar-refractivity contribution in [3.8, 4) is 0 Å². The first kappa shape index (κ1) is 17.9. The number of hydrogen-bond donors (Lipinski definition) is 2. The van der Waals surface area contributed by atoms with Gasteiger partial charge >= 0.3 is 6.03 Å². The van der Waals surface area contributed by atoms with Crippen molar-refractivity contribution >= 4 is 23.7 Å². The van der Waals surface area contributed by atoms with Gasteiger partial charge in [-0.25, -0.2) is 4.79 Å². The smallest absolute Gasteiger partial charge is 0.307 e. The van der Waals surface area contributed by atoms with E-state index in [0.29, 0.717) is 0 Å². The van der Waals surface area contributed by atoms with E-state index < -0.39 is 0 Å². The Morgan fingerprint density at radius 2 is 1.85 bits per heavy atom. The van der Waals surface area contributed by atoms with Crippen molar-refractivity contribution in [2.24, 2.45) is 0 Å². The van der Waals surface area contributed by atoms with Crippen molar-refractivity contribution in [2.75, 3.05) is 18.9 Å². The maximum atomic E-state index is 12.5. The van der Waals surface area contributed by atoms with Crippen LogP contribution in [0, 0.1) is 0 Å². The van der Waals surface area contributed by atoms with Crippen LogP contribution in [0.3, 0.4) is 0 Å². The van der Waals surface area contributed by atoms with Gasteiger partial charge in [-0.05, 0) is 111 Å². The van der Waals surface area contributed by atoms with Crippen molar-refractivity contribution in [2.45, 2.75) is 63.8 Å². The van der Waals surface area contributed by atoms with Crippen LogP contribution in [0.2, 0.25) is 0 Å². The van der Waals surface area contributed by atoms with E-state index in [0.717, 1.165) is 37.9 Å². The van der Waals surface area contributed by atoms with Crippen LogP contribution in [0.1, 0.15) is 54.9 Å². The van der Waals surface area contributed by atoms with Gasteiger partial charge in [-0.2, -0.15) is 0 Å². The first-order valence-electron chi connectivity index (χ1n) is 9.85. The molecule has 140 valence electrons. The summed E-state index contributed by atoms with van der Waals surface area (Å²) < 4.78 is 2.93. The highest BCUT2D eigenvalue weighted by molar-refractivity contribution is 8.00. The van der Waals surface area contributed by atoms with Crippen molar-refractivity contribution in [3.63, 3.8) is 0 Å². The van der Waals surface area contributed by atoms with E-state index in [1.807, 2.05) is 5.41 Å². The Morgan fingerprint density at radius 1 is 1.15 bits per heavy atom. The Morgan fingerprint density at radius 3 is 2.46 bits per heavy atom. The summed E-state index contributed by atoms with van der Waals surface area (Å²) in [6.45, 7) is 3.40. The number of urea groups is 1. The lowest BCUT2D eigenvalue weighted by molar-refractivity contribution is 0.252. The summed E-state index contributed by atoms with van der Waals surface area (Å²) in [5.41, 5.74) is 6.88. The number of nitrogens with one attached hydrogen (secondary N) is 2. The second-order valence-corrected chi connectivity index (χ2v) is 8.81. The summed E-state index contributed by atoms with van der Waals surface area (Å²) in [6, 6.07) is 2.28. The quantitative estimate of drug-likeness (QED) is 0.770. The predicted octanol–water partition coefficient (Wildman–Crippen LogP) is 4.43. The fourth-order valence-corrected chi connectivity index (χ4v) is 5.29. The number of hydrogen-bond acceptors (Lipinski definition) is 3. The minimum atomic E-state index is -0.112. The van der Waals surface area contributed by atoms with Crippen LogP contribution in [-0.2, 0) is 25.7 Å². The van der Waals surface area contributed by atoms with Crippen LogP contribution < -0.4 is 10.0 Å². The maximum Gasteiger partial charge on any atom is 0.329 e. The third-order valence-electron chi connectivity index (χ3n) is 6.41. The van der Waals surface area contributed by atoms with Crippen LogP contribution in [-0.4, -0.2) is 30.1 Å². The molecule has 1 aliphatic heterocycles. The molecule has 1 fully saturated rings. The summed E-state index contributed by atoms with van der Waals surface area (Å²) in [4.78, 5) is 14.8. The van der Waals surface area contributed by atoms with Crippen molar-refractivity contribution in [1.82, 2.24) is 9.62 Å². The monoisotopic (exact) mass is 371 g/mol. The van der Waals surface area contributed by atoms with Gasteiger partial charge in [0.2, 0.25) is 0 Å². The second-order valence-electron chi connectivity index (χ2n) is 8.09. The molecule has 1 saturated heterocycles. The highest BCUT2D eigenvalue weighted by Crippen LogP contribution is 2.38. The Hall–Kier alpha value is -1.46. The van der Waals surface area contributed by atoms with Crippen LogP contribution in [0.15, 0.2) is 17.6 Å². The van der Waals surface area contributed by atoms with Crippen molar-refractivity contribution in [1.29, 1.82) is 0 Å². The number of carbonyl (C=O) groups excluding carboxylic acids is 1. The third-order valence-corrected chi connectivity index (χ3v) is 6.98. The first-order chi connectivity index (χ1) is 12.6. The third kappa shape index (κ3) is 3.39. The van der Waals surface area contributed by atoms with Gasteiger partial charge in [-0.15, -0.1) is 0 Å². The van der Waals surface area contributed by atoms with Crippen LogP contribution >= 0.6 is 11.9 Å². The van der Waals surface area contributed by atoms with Gasteiger partial charge in [0.1, 0.15) is 0 Å². The molecule has 5 heteroatoms. The molecule has 2 amide bonds. The Kier molecular flexibility index (Phi) is 5.02. The number of aryl methyl sites for hydroxylation is 2. The summed E-state index contributed by atoms with van der Waals surface area (Å²) in [6.07, 6.45) is 11.5. The van der Waals surface area contributed by atoms with E-state index in [1.165, 1.54) is 59.9 Å². The van der Waals surface area contributed by atoms with Gasteiger partial charge in [0, 0.05) is 11.2 Å². The molecular weight excluding hydrogens is 342 g/mol. The van der Waals surface area contributed by atoms with Crippen LogP contribution in [0.5, 0.6) is 0 Å². The zero-order valence-electron chi connectivity index (χ0n) is 15.9. The average Bonchev–Trinajstić information content (AvgIpc) is 3.33. The van der Waals surface area contributed by atoms with Crippen molar-refractivity contribution in [3.05, 3.63) is 39.8 Å². The Balaban J connectivity index is 1.39. The van der Waals surface area contributed by atoms with E-state index >= 15 is 0 Å². The lowest BCUT2D eigenvalue weighted by atomic mass is 9.99. The van der Waals surface area contributed by atoms with Gasteiger partial charge in [0.15, 0.2) is 0 Å². The van der Waals surface area contributed by atoms with Crippen LogP contribution in [0.4, 0.5) is 10.5 Å². The molecule has 4 rings (SSSR count). The molecule has 0 spiro atoms. The molecule has 2 N–H and O–H groups in total. The standard InChI is InChI=1S/C21H29N3OS/c1-21(10-5-12-24(21)2)11-13-26-23-20(25)22-19-17-8-3-6-15(17)14-16-7-4-9-18(16)19/h11,13-14H,3-10,12H2,1-2H3,(H2,22,23,25)/b13-11+. The molecule has 1 aromatic rings. The van der Waals surface area contributed by atoms with Gasteiger partial charge in [-0.3, -0.25) is 9.62 Å². The summed E-state index contributed by atoms with van der Waals surface area (Å²) in [5, 5.41) is 5.19. The lowest BCUT2D eigenvalue weighted by Crippen LogP contribution is -2.35. The van der Waals surface area contributed by atoms with Gasteiger partial charge in [0.05, 0.1) is 0 Å². The molecule has 0 aromatic heterocycles. The zero-order chi connectivity index (χ0) is 18.1. The highest BCUT2D eigenvalue weighted by Gasteiger charge is 2.31. The molecule has 0 radical (unpaired) electrons. The number of likely N-dealkylation sites (tertiary alicyclic amines) is 1. The van der Waals surface area contributed by atoms with Crippen LogP contribution in [0.25, 0.3) is 0 Å². The summed E-state index contributed by atoms with van der Waals surface area (Å²) in [7, 11) is 2.17. The van der Waals surface area contributed by atoms with E-state index in [1.54, 1.807) is 0 Å². The van der Waals surface area contributed by atoms with Gasteiger partial charge < -0.3 is 5.32 Å². The largest absolute Gasteiger partial charge is 0.329 e. The molecule has 2 aliphatic carbocycles. The fourth-order valence-electron chi connectivity index (χ4n) is 4.71. The average molecular weight is 372 g/mol. The summed E-state index contributed by atoms with van der Waals surface area (Å²) >= 11 is 1.37. The van der Waals surface area contributed by atoms with E-state index in [4.69, 9.17) is 0 Å². The number of benzene rings is 1. The first-order valence-corrected chi connectivity index (χ1v) is 10.7. The molecule has 1 unspecified atom stereocenters. The second kappa shape index (κ2) is 7.28. The SMILES string of the molecule is CN1CCCC1(C)/C=C/SNC(=O)Nc1c2c(cc3c1CCC3)CCC2. The number of amides is 2. The summed E-state index contributed by atoms with van der Waals surface area (Å²) in [5.74, 6) is 0. The molecule has 1 heterocycles. The number of carbonyl (C=O) groups is 1. The molecule has 1 atom stereocenters. The molecule has 0 saturated carbocycles. The lowest BCUT2D eigenvalue weighted by Gasteiger charge is -2.28. The molecule has 0 bridgehead atoms.